The molecule has 3 aromatic heterocycles. The summed E-state index contributed by atoms with van der Waals surface area (Å²) in [5, 5.41) is 5.39. The zero-order chi connectivity index (χ0) is 25.3. The van der Waals surface area contributed by atoms with Gasteiger partial charge < -0.3 is 25.4 Å². The molecule has 1 aliphatic rings. The number of thiazole rings is 1. The lowest BCUT2D eigenvalue weighted by molar-refractivity contribution is 0.0503. The van der Waals surface area contributed by atoms with Crippen LogP contribution in [0.1, 0.15) is 44.5 Å². The number of nitrogens with one attached hydrogen (secondary N) is 1. The minimum Gasteiger partial charge on any atom is -0.462 e. The molecule has 1 saturated heterocycles. The van der Waals surface area contributed by atoms with Crippen molar-refractivity contribution < 1.29 is 19.1 Å². The number of fused-ring (bicyclic) bond motifs is 1. The monoisotopic (exact) mass is 500 g/mol. The Labute approximate surface area is 205 Å². The molecule has 0 bridgehead atoms. The molecule has 35 heavy (non-hydrogen) atoms. The zero-order valence-corrected chi connectivity index (χ0v) is 20.8. The molecule has 1 aliphatic heterocycles. The molecular formula is C23H28N6O5S. The van der Waals surface area contributed by atoms with Crippen LogP contribution in [-0.2, 0) is 9.47 Å². The Balaban J connectivity index is 1.71. The van der Waals surface area contributed by atoms with Crippen LogP contribution in [-0.4, -0.2) is 57.9 Å². The molecule has 0 radical (unpaired) electrons. The molecule has 0 spiro atoms. The smallest absolute Gasteiger partial charge is 0.407 e. The van der Waals surface area contributed by atoms with E-state index in [2.05, 4.69) is 10.3 Å². The Morgan fingerprint density at radius 2 is 2.11 bits per heavy atom. The summed E-state index contributed by atoms with van der Waals surface area (Å²) in [6, 6.07) is 1.38. The highest BCUT2D eigenvalue weighted by molar-refractivity contribution is 7.12. The maximum absolute atomic E-state index is 13.1. The minimum absolute atomic E-state index is 0.119. The van der Waals surface area contributed by atoms with E-state index in [-0.39, 0.29) is 23.6 Å². The number of nitrogen functional groups attached to an aromatic ring is 1. The van der Waals surface area contributed by atoms with Crippen LogP contribution in [0.2, 0.25) is 0 Å². The van der Waals surface area contributed by atoms with Gasteiger partial charge in [0.25, 0.3) is 0 Å². The summed E-state index contributed by atoms with van der Waals surface area (Å²) in [6.07, 6.45) is 3.23. The predicted octanol–water partition coefficient (Wildman–Crippen LogP) is 2.70. The fourth-order valence-corrected chi connectivity index (χ4v) is 4.51. The highest BCUT2D eigenvalue weighted by Gasteiger charge is 2.29. The highest BCUT2D eigenvalue weighted by atomic mass is 32.1. The van der Waals surface area contributed by atoms with Gasteiger partial charge in [-0.1, -0.05) is 0 Å². The molecule has 186 valence electrons. The van der Waals surface area contributed by atoms with Gasteiger partial charge in [-0.25, -0.2) is 19.6 Å². The molecule has 1 atom stereocenters. The first-order valence-electron chi connectivity index (χ1n) is 11.2. The maximum Gasteiger partial charge on any atom is 0.407 e. The Morgan fingerprint density at radius 3 is 2.77 bits per heavy atom. The lowest BCUT2D eigenvalue weighted by atomic mass is 10.1. The topological polar surface area (TPSA) is 142 Å². The molecule has 1 unspecified atom stereocenters. The molecule has 11 nitrogen and oxygen atoms in total. The second-order valence-corrected chi connectivity index (χ2v) is 10.0. The number of rotatable bonds is 5. The van der Waals surface area contributed by atoms with Crippen LogP contribution in [0.4, 0.5) is 16.3 Å². The lowest BCUT2D eigenvalue weighted by Gasteiger charge is -2.23. The van der Waals surface area contributed by atoms with Crippen molar-refractivity contribution in [3.63, 3.8) is 0 Å². The number of ether oxygens (including phenoxy) is 2. The summed E-state index contributed by atoms with van der Waals surface area (Å²) in [4.78, 5) is 48.8. The third kappa shape index (κ3) is 5.21. The SMILES string of the molecule is CCOC(=O)c1cn(-c2nccs2)c2nc(N3CCC(NC(=O)OC(C)(C)C)C3)c(N)cc2c1=O. The van der Waals surface area contributed by atoms with Crippen LogP contribution in [0, 0.1) is 0 Å². The second kappa shape index (κ2) is 9.53. The van der Waals surface area contributed by atoms with E-state index in [0.29, 0.717) is 41.8 Å². The van der Waals surface area contributed by atoms with Gasteiger partial charge in [0.2, 0.25) is 5.43 Å². The largest absolute Gasteiger partial charge is 0.462 e. The Kier molecular flexibility index (Phi) is 6.66. The maximum atomic E-state index is 13.1. The van der Waals surface area contributed by atoms with Gasteiger partial charge in [0.05, 0.1) is 23.7 Å². The number of amides is 1. The average Bonchev–Trinajstić information content (AvgIpc) is 3.45. The summed E-state index contributed by atoms with van der Waals surface area (Å²) in [7, 11) is 0. The van der Waals surface area contributed by atoms with Crippen LogP contribution in [0.25, 0.3) is 16.2 Å². The van der Waals surface area contributed by atoms with Gasteiger partial charge in [-0.2, -0.15) is 0 Å². The van der Waals surface area contributed by atoms with Crippen molar-refractivity contribution in [2.45, 2.75) is 45.8 Å². The molecule has 12 heteroatoms. The number of carbonyl (C=O) groups excluding carboxylic acids is 2. The third-order valence-corrected chi connectivity index (χ3v) is 6.09. The minimum atomic E-state index is -0.719. The van der Waals surface area contributed by atoms with Crippen LogP contribution in [0.3, 0.4) is 0 Å². The molecule has 0 saturated carbocycles. The quantitative estimate of drug-likeness (QED) is 0.506. The fourth-order valence-electron chi connectivity index (χ4n) is 3.89. The number of hydrogen-bond donors (Lipinski definition) is 2. The number of aromatic nitrogens is 3. The van der Waals surface area contributed by atoms with E-state index in [0.717, 1.165) is 0 Å². The van der Waals surface area contributed by atoms with E-state index in [1.807, 2.05) is 25.7 Å². The highest BCUT2D eigenvalue weighted by Crippen LogP contribution is 2.29. The third-order valence-electron chi connectivity index (χ3n) is 5.32. The average molecular weight is 501 g/mol. The van der Waals surface area contributed by atoms with Crippen LogP contribution >= 0.6 is 11.3 Å². The van der Waals surface area contributed by atoms with Crippen LogP contribution in [0.5, 0.6) is 0 Å². The van der Waals surface area contributed by atoms with Crippen molar-refractivity contribution in [2.24, 2.45) is 0 Å². The number of nitrogens with two attached hydrogens (primary N) is 1. The van der Waals surface area contributed by atoms with E-state index in [9.17, 15) is 14.4 Å². The van der Waals surface area contributed by atoms with Gasteiger partial charge in [0, 0.05) is 30.9 Å². The Morgan fingerprint density at radius 1 is 1.34 bits per heavy atom. The first-order valence-corrected chi connectivity index (χ1v) is 12.1. The summed E-state index contributed by atoms with van der Waals surface area (Å²) < 4.78 is 12.0. The van der Waals surface area contributed by atoms with E-state index in [4.69, 9.17) is 20.2 Å². The molecule has 3 aromatic rings. The zero-order valence-electron chi connectivity index (χ0n) is 20.0. The van der Waals surface area contributed by atoms with Crippen molar-refractivity contribution in [3.8, 4) is 5.13 Å². The summed E-state index contributed by atoms with van der Waals surface area (Å²) in [6.45, 7) is 8.31. The van der Waals surface area contributed by atoms with Crippen LogP contribution in [0.15, 0.2) is 28.6 Å². The fraction of sp³-hybridized carbons (Fsp3) is 0.435. The number of anilines is 2. The number of nitrogens with zero attached hydrogens (tertiary/aromatic N) is 4. The molecule has 4 rings (SSSR count). The van der Waals surface area contributed by atoms with Crippen molar-refractivity contribution in [3.05, 3.63) is 39.6 Å². The first-order chi connectivity index (χ1) is 16.6. The van der Waals surface area contributed by atoms with Crippen molar-refractivity contribution in [2.75, 3.05) is 30.3 Å². The molecule has 1 amide bonds. The van der Waals surface area contributed by atoms with Crippen molar-refractivity contribution >= 4 is 45.9 Å². The molecule has 4 heterocycles. The number of carbonyl (C=O) groups is 2. The molecular weight excluding hydrogens is 472 g/mol. The normalized spacial score (nSPS) is 15.9. The van der Waals surface area contributed by atoms with Crippen molar-refractivity contribution in [1.82, 2.24) is 19.9 Å². The number of pyridine rings is 2. The van der Waals surface area contributed by atoms with Gasteiger partial charge in [-0.15, -0.1) is 11.3 Å². The predicted molar refractivity (Wildman–Crippen MR) is 133 cm³/mol. The van der Waals surface area contributed by atoms with Gasteiger partial charge in [-0.3, -0.25) is 9.36 Å². The Bertz CT molecular complexity index is 1310. The lowest BCUT2D eigenvalue weighted by Crippen LogP contribution is -2.40. The number of hydrogen-bond acceptors (Lipinski definition) is 10. The first kappa shape index (κ1) is 24.5. The van der Waals surface area contributed by atoms with Gasteiger partial charge >= 0.3 is 12.1 Å². The van der Waals surface area contributed by atoms with E-state index < -0.39 is 23.1 Å². The van der Waals surface area contributed by atoms with E-state index in [1.54, 1.807) is 23.1 Å². The summed E-state index contributed by atoms with van der Waals surface area (Å²) >= 11 is 1.34. The van der Waals surface area contributed by atoms with E-state index in [1.165, 1.54) is 23.6 Å². The van der Waals surface area contributed by atoms with Gasteiger partial charge in [0.15, 0.2) is 16.6 Å². The molecule has 1 fully saturated rings. The molecule has 0 aliphatic carbocycles. The standard InChI is InChI=1S/C23H28N6O5S/c1-5-33-20(31)15-12-29(21-25-7-9-35-21)18-14(17(15)30)10-16(24)19(27-18)28-8-6-13(11-28)26-22(32)34-23(2,3)4/h7,9-10,12-13H,5-6,8,11,24H2,1-4H3,(H,26,32). The summed E-state index contributed by atoms with van der Waals surface area (Å²) in [5.41, 5.74) is 5.72. The second-order valence-electron chi connectivity index (χ2n) is 9.13. The van der Waals surface area contributed by atoms with Crippen molar-refractivity contribution in [1.29, 1.82) is 0 Å². The number of alkyl carbamates (subject to hydrolysis) is 1. The van der Waals surface area contributed by atoms with Gasteiger partial charge in [0.1, 0.15) is 11.2 Å². The number of esters is 1. The Hall–Kier alpha value is -3.67. The molecule has 3 N–H and O–H groups in total. The van der Waals surface area contributed by atoms with Crippen LogP contribution < -0.4 is 21.4 Å². The summed E-state index contributed by atoms with van der Waals surface area (Å²) in [5.74, 6) is -0.234. The molecule has 0 aromatic carbocycles. The van der Waals surface area contributed by atoms with Gasteiger partial charge in [-0.05, 0) is 40.2 Å². The van der Waals surface area contributed by atoms with E-state index >= 15 is 0 Å².